The Morgan fingerprint density at radius 3 is 2.55 bits per heavy atom. The second kappa shape index (κ2) is 9.85. The van der Waals surface area contributed by atoms with Crippen LogP contribution in [0.2, 0.25) is 0 Å². The lowest BCUT2D eigenvalue weighted by Crippen LogP contribution is -2.31. The van der Waals surface area contributed by atoms with Crippen LogP contribution in [-0.4, -0.2) is 16.7 Å². The van der Waals surface area contributed by atoms with Gasteiger partial charge < -0.3 is 10.2 Å². The van der Waals surface area contributed by atoms with Crippen molar-refractivity contribution < 1.29 is 9.59 Å². The van der Waals surface area contributed by atoms with Crippen molar-refractivity contribution in [1.82, 2.24) is 4.90 Å². The first kappa shape index (κ1) is 20.6. The Kier molecular flexibility index (Phi) is 6.98. The quantitative estimate of drug-likeness (QED) is 0.528. The molecule has 1 atom stereocenters. The molecule has 2 aromatic carbocycles. The molecule has 0 bridgehead atoms. The number of benzene rings is 2. The van der Waals surface area contributed by atoms with E-state index in [9.17, 15) is 9.59 Å². The number of nitrogens with one attached hydrogen (secondary N) is 1. The summed E-state index contributed by atoms with van der Waals surface area (Å²) in [7, 11) is 0. The molecule has 0 saturated carbocycles. The van der Waals surface area contributed by atoms with Crippen molar-refractivity contribution in [2.75, 3.05) is 5.32 Å². The summed E-state index contributed by atoms with van der Waals surface area (Å²) in [4.78, 5) is 27.4. The number of nitrogens with zero attached hydrogens (tertiary/aromatic N) is 1. The summed E-state index contributed by atoms with van der Waals surface area (Å²) < 4.78 is 0. The summed E-state index contributed by atoms with van der Waals surface area (Å²) in [6.45, 7) is 3.99. The van der Waals surface area contributed by atoms with Crippen molar-refractivity contribution in [3.05, 3.63) is 94.2 Å². The van der Waals surface area contributed by atoms with E-state index >= 15 is 0 Å². The summed E-state index contributed by atoms with van der Waals surface area (Å²) in [5, 5.41) is 4.79. The minimum absolute atomic E-state index is 0.0558. The fourth-order valence-electron chi connectivity index (χ4n) is 3.08. The topological polar surface area (TPSA) is 49.4 Å². The fraction of sp³-hybridized carbons (Fsp3) is 0.167. The molecule has 3 rings (SSSR count). The molecule has 0 fully saturated rings. The molecule has 4 nitrogen and oxygen atoms in total. The molecule has 0 aliphatic heterocycles. The average Bonchev–Trinajstić information content (AvgIpc) is 3.24. The zero-order valence-corrected chi connectivity index (χ0v) is 17.4. The van der Waals surface area contributed by atoms with Crippen LogP contribution in [0.3, 0.4) is 0 Å². The molecule has 1 heterocycles. The third-order valence-corrected chi connectivity index (χ3v) is 5.41. The normalized spacial score (nSPS) is 11.9. The number of thiophene rings is 1. The molecule has 29 heavy (non-hydrogen) atoms. The van der Waals surface area contributed by atoms with Gasteiger partial charge in [0.15, 0.2) is 0 Å². The minimum atomic E-state index is -0.163. The van der Waals surface area contributed by atoms with Crippen LogP contribution in [0.1, 0.15) is 35.9 Å². The summed E-state index contributed by atoms with van der Waals surface area (Å²) in [6.07, 6.45) is 3.48. The molecule has 3 aromatic rings. The van der Waals surface area contributed by atoms with Gasteiger partial charge in [0.1, 0.15) is 0 Å². The third kappa shape index (κ3) is 5.90. The van der Waals surface area contributed by atoms with E-state index in [1.165, 1.54) is 6.92 Å². The Hall–Kier alpha value is -3.18. The van der Waals surface area contributed by atoms with E-state index in [4.69, 9.17) is 0 Å². The molecular formula is C24H24N2O2S. The van der Waals surface area contributed by atoms with Crippen molar-refractivity contribution in [2.24, 2.45) is 0 Å². The molecule has 1 aromatic heterocycles. The van der Waals surface area contributed by atoms with Crippen LogP contribution >= 0.6 is 11.3 Å². The SMILES string of the molecule is CC(=O)Nc1cccc(C(C)N(Cc2ccccc2)C(=O)/C=C/c2cccs2)c1. The van der Waals surface area contributed by atoms with Gasteiger partial charge in [-0.15, -0.1) is 11.3 Å². The Morgan fingerprint density at radius 1 is 1.07 bits per heavy atom. The van der Waals surface area contributed by atoms with Gasteiger partial charge in [0.05, 0.1) is 6.04 Å². The lowest BCUT2D eigenvalue weighted by atomic mass is 10.0. The summed E-state index contributed by atoms with van der Waals surface area (Å²) >= 11 is 1.60. The van der Waals surface area contributed by atoms with Gasteiger partial charge in [-0.1, -0.05) is 48.5 Å². The van der Waals surface area contributed by atoms with Gasteiger partial charge in [-0.05, 0) is 47.7 Å². The van der Waals surface area contributed by atoms with Crippen molar-refractivity contribution in [2.45, 2.75) is 26.4 Å². The van der Waals surface area contributed by atoms with Crippen LogP contribution in [-0.2, 0) is 16.1 Å². The van der Waals surface area contributed by atoms with E-state index in [2.05, 4.69) is 5.32 Å². The Morgan fingerprint density at radius 2 is 1.86 bits per heavy atom. The number of carbonyl (C=O) groups is 2. The monoisotopic (exact) mass is 404 g/mol. The van der Waals surface area contributed by atoms with Crippen LogP contribution in [0, 0.1) is 0 Å². The maximum absolute atomic E-state index is 13.1. The molecule has 0 aliphatic rings. The standard InChI is InChI=1S/C24H24N2O2S/c1-18(21-10-6-11-22(16-21)25-19(2)27)26(17-20-8-4-3-5-9-20)24(28)14-13-23-12-7-15-29-23/h3-16,18H,17H2,1-2H3,(H,25,27)/b14-13+. The Bertz CT molecular complexity index is 981. The fourth-order valence-corrected chi connectivity index (χ4v) is 3.70. The van der Waals surface area contributed by atoms with E-state index in [1.54, 1.807) is 17.4 Å². The number of carbonyl (C=O) groups excluding carboxylic acids is 2. The van der Waals surface area contributed by atoms with Crippen molar-refractivity contribution in [3.63, 3.8) is 0 Å². The van der Waals surface area contributed by atoms with E-state index in [0.717, 1.165) is 21.7 Å². The Balaban J connectivity index is 1.87. The molecular weight excluding hydrogens is 380 g/mol. The average molecular weight is 405 g/mol. The van der Waals surface area contributed by atoms with Crippen LogP contribution in [0.4, 0.5) is 5.69 Å². The van der Waals surface area contributed by atoms with Gasteiger partial charge in [0.2, 0.25) is 11.8 Å². The van der Waals surface area contributed by atoms with Gasteiger partial charge in [-0.25, -0.2) is 0 Å². The highest BCUT2D eigenvalue weighted by atomic mass is 32.1. The van der Waals surface area contributed by atoms with Crippen LogP contribution < -0.4 is 5.32 Å². The zero-order chi connectivity index (χ0) is 20.6. The lowest BCUT2D eigenvalue weighted by Gasteiger charge is -2.29. The number of hydrogen-bond acceptors (Lipinski definition) is 3. The number of amides is 2. The predicted octanol–water partition coefficient (Wildman–Crippen LogP) is 5.51. The lowest BCUT2D eigenvalue weighted by molar-refractivity contribution is -0.128. The van der Waals surface area contributed by atoms with Gasteiger partial charge in [0, 0.05) is 30.1 Å². The minimum Gasteiger partial charge on any atom is -0.328 e. The summed E-state index contributed by atoms with van der Waals surface area (Å²) in [6, 6.07) is 21.4. The highest BCUT2D eigenvalue weighted by Gasteiger charge is 2.20. The first-order chi connectivity index (χ1) is 14.0. The van der Waals surface area contributed by atoms with Crippen molar-refractivity contribution in [1.29, 1.82) is 0 Å². The van der Waals surface area contributed by atoms with Crippen LogP contribution in [0.25, 0.3) is 6.08 Å². The number of rotatable bonds is 7. The van der Waals surface area contributed by atoms with E-state index in [-0.39, 0.29) is 17.9 Å². The smallest absolute Gasteiger partial charge is 0.247 e. The van der Waals surface area contributed by atoms with Gasteiger partial charge in [-0.3, -0.25) is 9.59 Å². The van der Waals surface area contributed by atoms with Crippen molar-refractivity contribution in [3.8, 4) is 0 Å². The molecule has 0 saturated heterocycles. The molecule has 2 amide bonds. The maximum Gasteiger partial charge on any atom is 0.247 e. The third-order valence-electron chi connectivity index (χ3n) is 4.57. The molecule has 0 spiro atoms. The summed E-state index contributed by atoms with van der Waals surface area (Å²) in [5.41, 5.74) is 2.75. The van der Waals surface area contributed by atoms with Gasteiger partial charge in [-0.2, -0.15) is 0 Å². The zero-order valence-electron chi connectivity index (χ0n) is 16.5. The van der Waals surface area contributed by atoms with E-state index < -0.39 is 0 Å². The highest BCUT2D eigenvalue weighted by molar-refractivity contribution is 7.10. The maximum atomic E-state index is 13.1. The van der Waals surface area contributed by atoms with Crippen LogP contribution in [0.15, 0.2) is 78.2 Å². The molecule has 0 aliphatic carbocycles. The van der Waals surface area contributed by atoms with Crippen LogP contribution in [0.5, 0.6) is 0 Å². The summed E-state index contributed by atoms with van der Waals surface area (Å²) in [5.74, 6) is -0.175. The number of hydrogen-bond donors (Lipinski definition) is 1. The molecule has 1 N–H and O–H groups in total. The van der Waals surface area contributed by atoms with Gasteiger partial charge >= 0.3 is 0 Å². The Labute approximate surface area is 175 Å². The molecule has 5 heteroatoms. The predicted molar refractivity (Wildman–Crippen MR) is 120 cm³/mol. The first-order valence-electron chi connectivity index (χ1n) is 9.46. The first-order valence-corrected chi connectivity index (χ1v) is 10.3. The van der Waals surface area contributed by atoms with Crippen molar-refractivity contribution >= 4 is 34.9 Å². The molecule has 148 valence electrons. The van der Waals surface area contributed by atoms with Gasteiger partial charge in [0.25, 0.3) is 0 Å². The largest absolute Gasteiger partial charge is 0.328 e. The second-order valence-electron chi connectivity index (χ2n) is 6.78. The number of anilines is 1. The van der Waals surface area contributed by atoms with E-state index in [1.807, 2.05) is 90.0 Å². The highest BCUT2D eigenvalue weighted by Crippen LogP contribution is 2.25. The molecule has 0 radical (unpaired) electrons. The van der Waals surface area contributed by atoms with E-state index in [0.29, 0.717) is 6.54 Å². The molecule has 1 unspecified atom stereocenters. The second-order valence-corrected chi connectivity index (χ2v) is 7.76.